The Morgan fingerprint density at radius 2 is 2.05 bits per heavy atom. The molecule has 0 amide bonds. The molecule has 0 spiro atoms. The van der Waals surface area contributed by atoms with Gasteiger partial charge in [0.25, 0.3) is 0 Å². The van der Waals surface area contributed by atoms with E-state index in [1.54, 1.807) is 18.2 Å². The quantitative estimate of drug-likeness (QED) is 0.787. The SMILES string of the molecule is C=CC[C@@H](c1cc(Br)ccc1OC(F)(F)F)N1CCNCC1. The number of piperazine rings is 1. The van der Waals surface area contributed by atoms with E-state index in [9.17, 15) is 13.2 Å². The summed E-state index contributed by atoms with van der Waals surface area (Å²) in [5.74, 6) is -0.152. The van der Waals surface area contributed by atoms with E-state index in [0.29, 0.717) is 12.0 Å². The van der Waals surface area contributed by atoms with Gasteiger partial charge in [-0.1, -0.05) is 22.0 Å². The second-order valence-corrected chi connectivity index (χ2v) is 5.97. The molecule has 0 radical (unpaired) electrons. The van der Waals surface area contributed by atoms with Crippen LogP contribution in [0.5, 0.6) is 5.75 Å². The molecule has 2 rings (SSSR count). The molecule has 1 saturated heterocycles. The second kappa shape index (κ2) is 7.48. The molecule has 1 atom stereocenters. The summed E-state index contributed by atoms with van der Waals surface area (Å²) >= 11 is 3.33. The van der Waals surface area contributed by atoms with E-state index < -0.39 is 6.36 Å². The molecule has 0 saturated carbocycles. The maximum Gasteiger partial charge on any atom is 0.573 e. The number of benzene rings is 1. The van der Waals surface area contributed by atoms with Crippen molar-refractivity contribution in [3.63, 3.8) is 0 Å². The standard InChI is InChI=1S/C15H18BrF3N2O/c1-2-3-13(21-8-6-20-7-9-21)12-10-11(16)4-5-14(12)22-15(17,18)19/h2,4-5,10,13,20H,1,3,6-9H2/t13-/m0/s1. The van der Waals surface area contributed by atoms with Gasteiger partial charge in [0.1, 0.15) is 5.75 Å². The minimum atomic E-state index is -4.70. The van der Waals surface area contributed by atoms with Crippen molar-refractivity contribution in [2.45, 2.75) is 18.8 Å². The lowest BCUT2D eigenvalue weighted by Gasteiger charge is -2.35. The van der Waals surface area contributed by atoms with E-state index >= 15 is 0 Å². The summed E-state index contributed by atoms with van der Waals surface area (Å²) in [7, 11) is 0. The zero-order valence-corrected chi connectivity index (χ0v) is 13.6. The number of nitrogens with one attached hydrogen (secondary N) is 1. The van der Waals surface area contributed by atoms with Crippen LogP contribution in [0.1, 0.15) is 18.0 Å². The van der Waals surface area contributed by atoms with Gasteiger partial charge in [-0.25, -0.2) is 0 Å². The van der Waals surface area contributed by atoms with E-state index in [2.05, 4.69) is 37.5 Å². The molecular weight excluding hydrogens is 361 g/mol. The zero-order chi connectivity index (χ0) is 16.2. The summed E-state index contributed by atoms with van der Waals surface area (Å²) in [6.45, 7) is 6.91. The van der Waals surface area contributed by atoms with Gasteiger partial charge < -0.3 is 10.1 Å². The third-order valence-corrected chi connectivity index (χ3v) is 4.03. The Morgan fingerprint density at radius 1 is 1.36 bits per heavy atom. The molecule has 0 unspecified atom stereocenters. The molecule has 22 heavy (non-hydrogen) atoms. The first-order valence-electron chi connectivity index (χ1n) is 7.01. The molecule has 0 bridgehead atoms. The molecule has 1 N–H and O–H groups in total. The molecule has 122 valence electrons. The monoisotopic (exact) mass is 378 g/mol. The molecule has 1 heterocycles. The number of hydrogen-bond acceptors (Lipinski definition) is 3. The van der Waals surface area contributed by atoms with E-state index in [0.717, 1.165) is 30.7 Å². The summed E-state index contributed by atoms with van der Waals surface area (Å²) in [4.78, 5) is 2.16. The van der Waals surface area contributed by atoms with Gasteiger partial charge in [-0.15, -0.1) is 19.8 Å². The molecule has 0 aromatic heterocycles. The maximum absolute atomic E-state index is 12.6. The Bertz CT molecular complexity index is 516. The van der Waals surface area contributed by atoms with Gasteiger partial charge in [-0.05, 0) is 24.6 Å². The molecule has 1 fully saturated rings. The minimum Gasteiger partial charge on any atom is -0.405 e. The fourth-order valence-electron chi connectivity index (χ4n) is 2.62. The van der Waals surface area contributed by atoms with Crippen LogP contribution in [0.3, 0.4) is 0 Å². The Hall–Kier alpha value is -1.05. The van der Waals surface area contributed by atoms with Gasteiger partial charge in [0, 0.05) is 42.3 Å². The third kappa shape index (κ3) is 4.72. The number of ether oxygens (including phenoxy) is 1. The Kier molecular flexibility index (Phi) is 5.88. The van der Waals surface area contributed by atoms with Crippen LogP contribution in [0.25, 0.3) is 0 Å². The lowest BCUT2D eigenvalue weighted by atomic mass is 10.00. The van der Waals surface area contributed by atoms with E-state index in [1.165, 1.54) is 6.07 Å². The Balaban J connectivity index is 2.35. The summed E-state index contributed by atoms with van der Waals surface area (Å²) in [5.41, 5.74) is 0.522. The van der Waals surface area contributed by atoms with Crippen molar-refractivity contribution in [1.82, 2.24) is 10.2 Å². The first-order valence-corrected chi connectivity index (χ1v) is 7.81. The summed E-state index contributed by atoms with van der Waals surface area (Å²) in [5, 5.41) is 3.24. The average molecular weight is 379 g/mol. The van der Waals surface area contributed by atoms with Crippen molar-refractivity contribution in [3.05, 3.63) is 40.9 Å². The Morgan fingerprint density at radius 3 is 2.64 bits per heavy atom. The first-order chi connectivity index (χ1) is 10.4. The van der Waals surface area contributed by atoms with Crippen molar-refractivity contribution >= 4 is 15.9 Å². The van der Waals surface area contributed by atoms with Crippen molar-refractivity contribution in [2.75, 3.05) is 26.2 Å². The highest BCUT2D eigenvalue weighted by molar-refractivity contribution is 9.10. The minimum absolute atomic E-state index is 0.152. The average Bonchev–Trinajstić information content (AvgIpc) is 2.46. The third-order valence-electron chi connectivity index (χ3n) is 3.54. The van der Waals surface area contributed by atoms with Crippen LogP contribution in [0, 0.1) is 0 Å². The second-order valence-electron chi connectivity index (χ2n) is 5.06. The molecule has 1 aliphatic rings. The summed E-state index contributed by atoms with van der Waals surface area (Å²) in [6, 6.07) is 4.41. The number of rotatable bonds is 5. The molecule has 1 aromatic carbocycles. The normalized spacial score (nSPS) is 18.0. The first kappa shape index (κ1) is 17.3. The summed E-state index contributed by atoms with van der Waals surface area (Å²) < 4.78 is 42.8. The van der Waals surface area contributed by atoms with Crippen molar-refractivity contribution < 1.29 is 17.9 Å². The lowest BCUT2D eigenvalue weighted by molar-refractivity contribution is -0.275. The van der Waals surface area contributed by atoms with Gasteiger partial charge in [0.15, 0.2) is 0 Å². The van der Waals surface area contributed by atoms with E-state index in [4.69, 9.17) is 0 Å². The smallest absolute Gasteiger partial charge is 0.405 e. The van der Waals surface area contributed by atoms with Crippen LogP contribution in [-0.4, -0.2) is 37.4 Å². The van der Waals surface area contributed by atoms with Crippen molar-refractivity contribution in [3.8, 4) is 5.75 Å². The Labute approximate surface area is 136 Å². The predicted octanol–water partition coefficient (Wildman–Crippen LogP) is 3.87. The van der Waals surface area contributed by atoms with Gasteiger partial charge in [-0.2, -0.15) is 0 Å². The van der Waals surface area contributed by atoms with Crippen LogP contribution in [0.15, 0.2) is 35.3 Å². The molecule has 1 aliphatic heterocycles. The van der Waals surface area contributed by atoms with Gasteiger partial charge in [0.2, 0.25) is 0 Å². The fourth-order valence-corrected chi connectivity index (χ4v) is 3.00. The highest BCUT2D eigenvalue weighted by Gasteiger charge is 2.34. The number of halogens is 4. The van der Waals surface area contributed by atoms with Crippen molar-refractivity contribution in [1.29, 1.82) is 0 Å². The molecule has 0 aliphatic carbocycles. The van der Waals surface area contributed by atoms with Crippen molar-refractivity contribution in [2.24, 2.45) is 0 Å². The fraction of sp³-hybridized carbons (Fsp3) is 0.467. The van der Waals surface area contributed by atoms with Gasteiger partial charge in [0.05, 0.1) is 0 Å². The topological polar surface area (TPSA) is 24.5 Å². The van der Waals surface area contributed by atoms with Crippen LogP contribution in [0.2, 0.25) is 0 Å². The highest BCUT2D eigenvalue weighted by atomic mass is 79.9. The molecular formula is C15H18BrF3N2O. The van der Waals surface area contributed by atoms with Gasteiger partial charge in [-0.3, -0.25) is 4.90 Å². The predicted molar refractivity (Wildman–Crippen MR) is 82.8 cm³/mol. The largest absolute Gasteiger partial charge is 0.573 e. The van der Waals surface area contributed by atoms with Crippen LogP contribution in [-0.2, 0) is 0 Å². The van der Waals surface area contributed by atoms with Crippen LogP contribution < -0.4 is 10.1 Å². The lowest BCUT2D eigenvalue weighted by Crippen LogP contribution is -2.45. The number of alkyl halides is 3. The highest BCUT2D eigenvalue weighted by Crippen LogP contribution is 2.37. The summed E-state index contributed by atoms with van der Waals surface area (Å²) in [6.07, 6.45) is -2.42. The number of hydrogen-bond donors (Lipinski definition) is 1. The van der Waals surface area contributed by atoms with Gasteiger partial charge >= 0.3 is 6.36 Å². The van der Waals surface area contributed by atoms with Crippen LogP contribution in [0.4, 0.5) is 13.2 Å². The number of nitrogens with zero attached hydrogens (tertiary/aromatic N) is 1. The maximum atomic E-state index is 12.6. The van der Waals surface area contributed by atoms with E-state index in [-0.39, 0.29) is 11.8 Å². The van der Waals surface area contributed by atoms with E-state index in [1.807, 2.05) is 0 Å². The molecule has 7 heteroatoms. The van der Waals surface area contributed by atoms with Crippen LogP contribution >= 0.6 is 15.9 Å². The molecule has 1 aromatic rings. The molecule has 3 nitrogen and oxygen atoms in total. The zero-order valence-electron chi connectivity index (χ0n) is 12.0.